The van der Waals surface area contributed by atoms with Crippen molar-refractivity contribution in [2.45, 2.75) is 25.7 Å². The molecule has 0 unspecified atom stereocenters. The fourth-order valence-electron chi connectivity index (χ4n) is 3.27. The lowest BCUT2D eigenvalue weighted by Crippen LogP contribution is -2.40. The zero-order chi connectivity index (χ0) is 23.3. The third kappa shape index (κ3) is 5.73. The molecule has 1 aliphatic rings. The second-order valence-corrected chi connectivity index (χ2v) is 10.1. The molecule has 2 aromatic carbocycles. The summed E-state index contributed by atoms with van der Waals surface area (Å²) in [4.78, 5) is 25.1. The smallest absolute Gasteiger partial charge is 0.255 e. The number of amides is 2. The minimum Gasteiger partial charge on any atom is -0.379 e. The van der Waals surface area contributed by atoms with Crippen molar-refractivity contribution in [2.24, 2.45) is 5.92 Å². The summed E-state index contributed by atoms with van der Waals surface area (Å²) in [6.45, 7) is 7.70. The number of aryl methyl sites for hydroxylation is 1. The zero-order valence-corrected chi connectivity index (χ0v) is 19.4. The van der Waals surface area contributed by atoms with Gasteiger partial charge in [0.15, 0.2) is 0 Å². The van der Waals surface area contributed by atoms with Gasteiger partial charge >= 0.3 is 0 Å². The van der Waals surface area contributed by atoms with E-state index >= 15 is 0 Å². The lowest BCUT2D eigenvalue weighted by atomic mass is 10.1. The monoisotopic (exact) mass is 459 g/mol. The van der Waals surface area contributed by atoms with E-state index in [0.29, 0.717) is 36.9 Å². The van der Waals surface area contributed by atoms with E-state index in [2.05, 4.69) is 10.6 Å². The van der Waals surface area contributed by atoms with Gasteiger partial charge in [0.05, 0.1) is 18.1 Å². The molecule has 0 bridgehead atoms. The van der Waals surface area contributed by atoms with E-state index in [1.54, 1.807) is 37.3 Å². The lowest BCUT2D eigenvalue weighted by Gasteiger charge is -2.26. The number of nitrogens with zero attached hydrogens (tertiary/aromatic N) is 1. The quantitative estimate of drug-likeness (QED) is 0.662. The number of hydrogen-bond donors (Lipinski definition) is 2. The standard InChI is InChI=1S/C23H29N3O5S/c1-16(2)15-24-22(27)19-7-8-21(17(3)13-19)25-23(28)18-5-4-6-20(14-18)32(29,30)26-9-11-31-12-10-26/h4-8,13-14,16H,9-12,15H2,1-3H3,(H,24,27)(H,25,28). The van der Waals surface area contributed by atoms with Gasteiger partial charge in [-0.1, -0.05) is 19.9 Å². The summed E-state index contributed by atoms with van der Waals surface area (Å²) in [6.07, 6.45) is 0. The first-order valence-corrected chi connectivity index (χ1v) is 12.0. The van der Waals surface area contributed by atoms with Crippen molar-refractivity contribution in [3.63, 3.8) is 0 Å². The van der Waals surface area contributed by atoms with Crippen LogP contribution in [-0.4, -0.2) is 57.4 Å². The zero-order valence-electron chi connectivity index (χ0n) is 18.6. The molecular formula is C23H29N3O5S. The third-order valence-corrected chi connectivity index (χ3v) is 7.01. The number of ether oxygens (including phenoxy) is 1. The Morgan fingerprint density at radius 2 is 1.72 bits per heavy atom. The number of hydrogen-bond acceptors (Lipinski definition) is 5. The highest BCUT2D eigenvalue weighted by Gasteiger charge is 2.27. The molecule has 3 rings (SSSR count). The summed E-state index contributed by atoms with van der Waals surface area (Å²) in [5, 5.41) is 5.67. The van der Waals surface area contributed by atoms with Gasteiger partial charge in [-0.05, 0) is 54.8 Å². The van der Waals surface area contributed by atoms with Crippen LogP contribution in [-0.2, 0) is 14.8 Å². The van der Waals surface area contributed by atoms with Crippen LogP contribution in [0.1, 0.15) is 40.1 Å². The second-order valence-electron chi connectivity index (χ2n) is 8.13. The van der Waals surface area contributed by atoms with E-state index in [4.69, 9.17) is 4.74 Å². The fraction of sp³-hybridized carbons (Fsp3) is 0.391. The molecule has 2 N–H and O–H groups in total. The molecule has 0 atom stereocenters. The average molecular weight is 460 g/mol. The van der Waals surface area contributed by atoms with Gasteiger partial charge in [-0.25, -0.2) is 8.42 Å². The number of rotatable bonds is 7. The van der Waals surface area contributed by atoms with Crippen LogP contribution in [0.25, 0.3) is 0 Å². The highest BCUT2D eigenvalue weighted by molar-refractivity contribution is 7.89. The number of anilines is 1. The van der Waals surface area contributed by atoms with E-state index in [1.807, 2.05) is 13.8 Å². The lowest BCUT2D eigenvalue weighted by molar-refractivity contribution is 0.0730. The van der Waals surface area contributed by atoms with Crippen molar-refractivity contribution in [2.75, 3.05) is 38.2 Å². The van der Waals surface area contributed by atoms with Gasteiger partial charge in [-0.2, -0.15) is 4.31 Å². The molecule has 0 aliphatic carbocycles. The molecule has 0 radical (unpaired) electrons. The summed E-state index contributed by atoms with van der Waals surface area (Å²) in [7, 11) is -3.70. The van der Waals surface area contributed by atoms with E-state index in [-0.39, 0.29) is 29.5 Å². The van der Waals surface area contributed by atoms with Crippen LogP contribution < -0.4 is 10.6 Å². The number of nitrogens with one attached hydrogen (secondary N) is 2. The van der Waals surface area contributed by atoms with Crippen molar-refractivity contribution >= 4 is 27.5 Å². The van der Waals surface area contributed by atoms with Crippen LogP contribution in [0.3, 0.4) is 0 Å². The van der Waals surface area contributed by atoms with Gasteiger partial charge in [0, 0.05) is 36.4 Å². The Kier molecular flexibility index (Phi) is 7.65. The van der Waals surface area contributed by atoms with E-state index in [9.17, 15) is 18.0 Å². The van der Waals surface area contributed by atoms with Gasteiger partial charge in [-0.3, -0.25) is 9.59 Å². The molecule has 1 saturated heterocycles. The highest BCUT2D eigenvalue weighted by atomic mass is 32.2. The molecular weight excluding hydrogens is 430 g/mol. The largest absolute Gasteiger partial charge is 0.379 e. The Morgan fingerprint density at radius 1 is 1.03 bits per heavy atom. The Hall–Kier alpha value is -2.75. The SMILES string of the molecule is Cc1cc(C(=O)NCC(C)C)ccc1NC(=O)c1cccc(S(=O)(=O)N2CCOCC2)c1. The molecule has 9 heteroatoms. The first-order chi connectivity index (χ1) is 15.2. The summed E-state index contributed by atoms with van der Waals surface area (Å²) in [5.41, 5.74) is 2.03. The van der Waals surface area contributed by atoms with Gasteiger partial charge in [0.25, 0.3) is 11.8 Å². The Bertz CT molecular complexity index is 1090. The van der Waals surface area contributed by atoms with Gasteiger partial charge in [0.2, 0.25) is 10.0 Å². The molecule has 1 fully saturated rings. The van der Waals surface area contributed by atoms with Crippen LogP contribution in [0.15, 0.2) is 47.4 Å². The molecule has 1 aliphatic heterocycles. The second kappa shape index (κ2) is 10.2. The van der Waals surface area contributed by atoms with Crippen LogP contribution in [0.5, 0.6) is 0 Å². The van der Waals surface area contributed by atoms with E-state index in [0.717, 1.165) is 5.56 Å². The molecule has 0 spiro atoms. The summed E-state index contributed by atoms with van der Waals surface area (Å²) in [6, 6.07) is 11.0. The number of sulfonamides is 1. The Morgan fingerprint density at radius 3 is 2.38 bits per heavy atom. The summed E-state index contributed by atoms with van der Waals surface area (Å²) >= 11 is 0. The molecule has 8 nitrogen and oxygen atoms in total. The maximum absolute atomic E-state index is 12.9. The number of benzene rings is 2. The molecule has 2 aromatic rings. The molecule has 172 valence electrons. The number of carbonyl (C=O) groups is 2. The summed E-state index contributed by atoms with van der Waals surface area (Å²) < 4.78 is 32.3. The van der Waals surface area contributed by atoms with Gasteiger partial charge < -0.3 is 15.4 Å². The average Bonchev–Trinajstić information content (AvgIpc) is 2.79. The molecule has 2 amide bonds. The van der Waals surface area contributed by atoms with Crippen molar-refractivity contribution in [1.29, 1.82) is 0 Å². The van der Waals surface area contributed by atoms with Crippen molar-refractivity contribution < 1.29 is 22.7 Å². The van der Waals surface area contributed by atoms with Gasteiger partial charge in [-0.15, -0.1) is 0 Å². The van der Waals surface area contributed by atoms with E-state index < -0.39 is 15.9 Å². The Balaban J connectivity index is 1.73. The first kappa shape index (κ1) is 23.9. The number of morpholine rings is 1. The molecule has 0 aromatic heterocycles. The predicted octanol–water partition coefficient (Wildman–Crippen LogP) is 2.65. The topological polar surface area (TPSA) is 105 Å². The normalized spacial score (nSPS) is 14.9. The predicted molar refractivity (Wildman–Crippen MR) is 122 cm³/mol. The maximum Gasteiger partial charge on any atom is 0.255 e. The molecule has 1 heterocycles. The fourth-order valence-corrected chi connectivity index (χ4v) is 4.73. The van der Waals surface area contributed by atoms with Gasteiger partial charge in [0.1, 0.15) is 0 Å². The van der Waals surface area contributed by atoms with Crippen LogP contribution in [0, 0.1) is 12.8 Å². The van der Waals surface area contributed by atoms with E-state index in [1.165, 1.54) is 16.4 Å². The minimum absolute atomic E-state index is 0.0703. The highest BCUT2D eigenvalue weighted by Crippen LogP contribution is 2.21. The molecule has 0 saturated carbocycles. The maximum atomic E-state index is 12.9. The van der Waals surface area contributed by atoms with Crippen molar-refractivity contribution in [3.8, 4) is 0 Å². The van der Waals surface area contributed by atoms with Crippen molar-refractivity contribution in [3.05, 3.63) is 59.2 Å². The summed E-state index contributed by atoms with van der Waals surface area (Å²) in [5.74, 6) is -0.244. The van der Waals surface area contributed by atoms with Crippen LogP contribution >= 0.6 is 0 Å². The number of carbonyl (C=O) groups excluding carboxylic acids is 2. The van der Waals surface area contributed by atoms with Crippen molar-refractivity contribution in [1.82, 2.24) is 9.62 Å². The minimum atomic E-state index is -3.70. The molecule has 32 heavy (non-hydrogen) atoms. The van der Waals surface area contributed by atoms with Crippen LogP contribution in [0.2, 0.25) is 0 Å². The Labute approximate surface area is 189 Å². The third-order valence-electron chi connectivity index (χ3n) is 5.11. The first-order valence-electron chi connectivity index (χ1n) is 10.6. The van der Waals surface area contributed by atoms with Crippen LogP contribution in [0.4, 0.5) is 5.69 Å².